The van der Waals surface area contributed by atoms with Crippen molar-refractivity contribution in [3.05, 3.63) is 60.3 Å². The van der Waals surface area contributed by atoms with Crippen LogP contribution in [0.4, 0.5) is 11.5 Å². The zero-order valence-corrected chi connectivity index (χ0v) is 16.3. The number of anilines is 2. The van der Waals surface area contributed by atoms with Crippen LogP contribution in [0, 0.1) is 0 Å². The fourth-order valence-electron chi connectivity index (χ4n) is 2.62. The summed E-state index contributed by atoms with van der Waals surface area (Å²) in [4.78, 5) is 24.6. The van der Waals surface area contributed by atoms with Crippen LogP contribution in [-0.2, 0) is 6.54 Å². The van der Waals surface area contributed by atoms with Gasteiger partial charge in [-0.25, -0.2) is 9.97 Å². The first-order chi connectivity index (χ1) is 14.1. The molecule has 150 valence electrons. The van der Waals surface area contributed by atoms with E-state index >= 15 is 0 Å². The van der Waals surface area contributed by atoms with E-state index in [9.17, 15) is 4.79 Å². The molecule has 1 aromatic carbocycles. The number of methoxy groups -OCH3 is 3. The Bertz CT molecular complexity index is 957. The Labute approximate surface area is 168 Å². The number of rotatable bonds is 8. The second-order valence-electron chi connectivity index (χ2n) is 5.87. The summed E-state index contributed by atoms with van der Waals surface area (Å²) in [7, 11) is 4.61. The summed E-state index contributed by atoms with van der Waals surface area (Å²) in [6, 6.07) is 8.71. The molecule has 2 heterocycles. The molecule has 0 atom stereocenters. The molecule has 29 heavy (non-hydrogen) atoms. The molecule has 1 amide bonds. The van der Waals surface area contributed by atoms with E-state index in [1.807, 2.05) is 12.1 Å². The van der Waals surface area contributed by atoms with E-state index in [0.717, 1.165) is 5.56 Å². The highest BCUT2D eigenvalue weighted by molar-refractivity contribution is 5.93. The number of ether oxygens (including phenoxy) is 3. The number of benzene rings is 1. The summed E-state index contributed by atoms with van der Waals surface area (Å²) in [5.74, 6) is 1.62. The Hall–Kier alpha value is -3.88. The average molecular weight is 395 g/mol. The van der Waals surface area contributed by atoms with E-state index in [4.69, 9.17) is 14.2 Å². The molecule has 0 aliphatic rings. The smallest absolute Gasteiger partial charge is 0.270 e. The standard InChI is InChI=1S/C20H21N5O4/c1-27-16-8-14(9-17(28-2)19(16)29-3)25-18-10-15(23-12-24-18)20(26)22-11-13-4-6-21-7-5-13/h4-10,12H,11H2,1-3H3,(H,22,26)(H,23,24,25). The first-order valence-corrected chi connectivity index (χ1v) is 8.70. The van der Waals surface area contributed by atoms with Crippen LogP contribution in [-0.4, -0.2) is 42.2 Å². The Morgan fingerprint density at radius 3 is 2.28 bits per heavy atom. The van der Waals surface area contributed by atoms with Crippen molar-refractivity contribution < 1.29 is 19.0 Å². The number of hydrogen-bond acceptors (Lipinski definition) is 8. The minimum Gasteiger partial charge on any atom is -0.493 e. The van der Waals surface area contributed by atoms with Crippen molar-refractivity contribution in [2.75, 3.05) is 26.6 Å². The van der Waals surface area contributed by atoms with Crippen molar-refractivity contribution in [2.45, 2.75) is 6.54 Å². The number of pyridine rings is 1. The van der Waals surface area contributed by atoms with Crippen molar-refractivity contribution in [1.82, 2.24) is 20.3 Å². The number of amides is 1. The largest absolute Gasteiger partial charge is 0.493 e. The Kier molecular flexibility index (Phi) is 6.41. The average Bonchev–Trinajstić information content (AvgIpc) is 2.77. The van der Waals surface area contributed by atoms with E-state index in [0.29, 0.717) is 35.3 Å². The van der Waals surface area contributed by atoms with Gasteiger partial charge < -0.3 is 24.8 Å². The van der Waals surface area contributed by atoms with Crippen LogP contribution in [0.5, 0.6) is 17.2 Å². The maximum absolute atomic E-state index is 12.4. The van der Waals surface area contributed by atoms with Gasteiger partial charge in [-0.05, 0) is 17.7 Å². The predicted octanol–water partition coefficient (Wildman–Crippen LogP) is 2.57. The maximum atomic E-state index is 12.4. The van der Waals surface area contributed by atoms with Crippen molar-refractivity contribution in [1.29, 1.82) is 0 Å². The van der Waals surface area contributed by atoms with Crippen molar-refractivity contribution in [3.8, 4) is 17.2 Å². The number of aromatic nitrogens is 3. The van der Waals surface area contributed by atoms with Crippen LogP contribution < -0.4 is 24.8 Å². The van der Waals surface area contributed by atoms with Gasteiger partial charge in [0.05, 0.1) is 21.3 Å². The molecule has 0 bridgehead atoms. The third-order valence-corrected chi connectivity index (χ3v) is 4.04. The molecule has 0 aliphatic heterocycles. The third-order valence-electron chi connectivity index (χ3n) is 4.04. The van der Waals surface area contributed by atoms with Gasteiger partial charge in [0.15, 0.2) is 11.5 Å². The summed E-state index contributed by atoms with van der Waals surface area (Å²) in [5.41, 5.74) is 1.84. The van der Waals surface area contributed by atoms with Crippen molar-refractivity contribution >= 4 is 17.4 Å². The summed E-state index contributed by atoms with van der Waals surface area (Å²) >= 11 is 0. The summed E-state index contributed by atoms with van der Waals surface area (Å²) in [5, 5.41) is 5.94. The van der Waals surface area contributed by atoms with Crippen molar-refractivity contribution in [3.63, 3.8) is 0 Å². The molecule has 0 saturated carbocycles. The second kappa shape index (κ2) is 9.36. The Morgan fingerprint density at radius 1 is 0.966 bits per heavy atom. The number of carbonyl (C=O) groups excluding carboxylic acids is 1. The van der Waals surface area contributed by atoms with Crippen LogP contribution in [0.2, 0.25) is 0 Å². The fourth-order valence-corrected chi connectivity index (χ4v) is 2.62. The fraction of sp³-hybridized carbons (Fsp3) is 0.200. The molecule has 0 unspecified atom stereocenters. The highest BCUT2D eigenvalue weighted by Gasteiger charge is 2.14. The van der Waals surface area contributed by atoms with Crippen molar-refractivity contribution in [2.24, 2.45) is 0 Å². The lowest BCUT2D eigenvalue weighted by Crippen LogP contribution is -2.24. The number of hydrogen-bond donors (Lipinski definition) is 2. The first kappa shape index (κ1) is 19.9. The van der Waals surface area contributed by atoms with E-state index < -0.39 is 0 Å². The molecule has 0 spiro atoms. The predicted molar refractivity (Wildman–Crippen MR) is 107 cm³/mol. The van der Waals surface area contributed by atoms with Gasteiger partial charge in [-0.15, -0.1) is 0 Å². The minimum absolute atomic E-state index is 0.240. The van der Waals surface area contributed by atoms with Gasteiger partial charge in [-0.3, -0.25) is 9.78 Å². The van der Waals surface area contributed by atoms with E-state index in [-0.39, 0.29) is 11.6 Å². The second-order valence-corrected chi connectivity index (χ2v) is 5.87. The van der Waals surface area contributed by atoms with Gasteiger partial charge in [0, 0.05) is 42.8 Å². The molecule has 9 nitrogen and oxygen atoms in total. The number of carbonyl (C=O) groups is 1. The SMILES string of the molecule is COc1cc(Nc2cc(C(=O)NCc3ccncc3)ncn2)cc(OC)c1OC. The van der Waals surface area contributed by atoms with Gasteiger partial charge in [0.1, 0.15) is 17.8 Å². The van der Waals surface area contributed by atoms with Crippen LogP contribution in [0.3, 0.4) is 0 Å². The molecule has 9 heteroatoms. The lowest BCUT2D eigenvalue weighted by atomic mass is 10.2. The van der Waals surface area contributed by atoms with E-state index in [1.165, 1.54) is 27.7 Å². The van der Waals surface area contributed by atoms with Gasteiger partial charge in [0.2, 0.25) is 5.75 Å². The monoisotopic (exact) mass is 395 g/mol. The van der Waals surface area contributed by atoms with Gasteiger partial charge >= 0.3 is 0 Å². The third kappa shape index (κ3) is 4.89. The van der Waals surface area contributed by atoms with Gasteiger partial charge in [-0.2, -0.15) is 0 Å². The lowest BCUT2D eigenvalue weighted by Gasteiger charge is -2.15. The van der Waals surface area contributed by atoms with Crippen LogP contribution in [0.1, 0.15) is 16.1 Å². The number of nitrogens with zero attached hydrogens (tertiary/aromatic N) is 3. The highest BCUT2D eigenvalue weighted by Crippen LogP contribution is 2.40. The van der Waals surface area contributed by atoms with E-state index in [1.54, 1.807) is 30.6 Å². The molecular formula is C20H21N5O4. The minimum atomic E-state index is -0.308. The van der Waals surface area contributed by atoms with Crippen LogP contribution in [0.15, 0.2) is 49.1 Å². The molecule has 3 aromatic rings. The molecule has 2 aromatic heterocycles. The lowest BCUT2D eigenvalue weighted by molar-refractivity contribution is 0.0945. The normalized spacial score (nSPS) is 10.2. The Morgan fingerprint density at radius 2 is 1.66 bits per heavy atom. The molecule has 0 fully saturated rings. The summed E-state index contributed by atoms with van der Waals surface area (Å²) < 4.78 is 16.0. The molecule has 0 saturated heterocycles. The zero-order chi connectivity index (χ0) is 20.6. The summed E-state index contributed by atoms with van der Waals surface area (Å²) in [6.45, 7) is 0.376. The topological polar surface area (TPSA) is 107 Å². The quantitative estimate of drug-likeness (QED) is 0.599. The molecule has 0 aliphatic carbocycles. The summed E-state index contributed by atoms with van der Waals surface area (Å²) in [6.07, 6.45) is 4.67. The molecular weight excluding hydrogens is 374 g/mol. The zero-order valence-electron chi connectivity index (χ0n) is 16.3. The molecule has 2 N–H and O–H groups in total. The number of nitrogens with one attached hydrogen (secondary N) is 2. The Balaban J connectivity index is 1.75. The van der Waals surface area contributed by atoms with E-state index in [2.05, 4.69) is 25.6 Å². The van der Waals surface area contributed by atoms with Gasteiger partial charge in [-0.1, -0.05) is 0 Å². The highest BCUT2D eigenvalue weighted by atomic mass is 16.5. The maximum Gasteiger partial charge on any atom is 0.270 e. The first-order valence-electron chi connectivity index (χ1n) is 8.70. The molecule has 3 rings (SSSR count). The van der Waals surface area contributed by atoms with Crippen LogP contribution >= 0.6 is 0 Å². The molecule has 0 radical (unpaired) electrons. The van der Waals surface area contributed by atoms with Gasteiger partial charge in [0.25, 0.3) is 5.91 Å². The van der Waals surface area contributed by atoms with Crippen LogP contribution in [0.25, 0.3) is 0 Å².